The van der Waals surface area contributed by atoms with Crippen molar-refractivity contribution in [1.29, 1.82) is 0 Å². The Bertz CT molecular complexity index is 897. The normalized spacial score (nSPS) is 18.3. The van der Waals surface area contributed by atoms with Crippen molar-refractivity contribution < 1.29 is 13.1 Å². The molecule has 110 valence electrons. The highest BCUT2D eigenvalue weighted by Gasteiger charge is 2.51. The lowest BCUT2D eigenvalue weighted by Crippen LogP contribution is -2.49. The topological polar surface area (TPSA) is 7.94 Å². The van der Waals surface area contributed by atoms with Gasteiger partial charge in [-0.05, 0) is 30.5 Å². The van der Waals surface area contributed by atoms with E-state index < -0.39 is 6.97 Å². The first kappa shape index (κ1) is 13.8. The van der Waals surface area contributed by atoms with E-state index in [2.05, 4.69) is 0 Å². The lowest BCUT2D eigenvalue weighted by atomic mass is 9.86. The van der Waals surface area contributed by atoms with E-state index in [0.29, 0.717) is 32.6 Å². The second-order valence-electron chi connectivity index (χ2n) is 5.19. The van der Waals surface area contributed by atoms with E-state index in [9.17, 15) is 8.63 Å². The predicted molar refractivity (Wildman–Crippen MR) is 85.7 cm³/mol. The minimum atomic E-state index is -3.89. The number of allylic oxidation sites excluding steroid dienone is 2. The fraction of sp³-hybridized carbons (Fsp3) is 0. The van der Waals surface area contributed by atoms with Crippen molar-refractivity contribution in [2.45, 2.75) is 0 Å². The summed E-state index contributed by atoms with van der Waals surface area (Å²) < 4.78 is 31.3. The van der Waals surface area contributed by atoms with Crippen molar-refractivity contribution in [2.24, 2.45) is 0 Å². The molecular formula is C15H9BCl2F2N2. The average Bonchev–Trinajstić information content (AvgIpc) is 3.11. The molecule has 4 rings (SSSR count). The van der Waals surface area contributed by atoms with Gasteiger partial charge >= 0.3 is 6.97 Å². The molecule has 0 amide bonds. The molecule has 1 aromatic carbocycles. The fourth-order valence-electron chi connectivity index (χ4n) is 2.99. The summed E-state index contributed by atoms with van der Waals surface area (Å²) >= 11 is 12.2. The minimum absolute atomic E-state index is 0.431. The van der Waals surface area contributed by atoms with Crippen LogP contribution in [0.5, 0.6) is 0 Å². The van der Waals surface area contributed by atoms with E-state index in [-0.39, 0.29) is 0 Å². The van der Waals surface area contributed by atoms with E-state index in [1.807, 2.05) is 0 Å². The van der Waals surface area contributed by atoms with E-state index in [0.717, 1.165) is 8.96 Å². The zero-order valence-electron chi connectivity index (χ0n) is 11.2. The number of halogens is 4. The van der Waals surface area contributed by atoms with Crippen LogP contribution in [0.2, 0.25) is 10.0 Å². The van der Waals surface area contributed by atoms with Crippen molar-refractivity contribution in [2.75, 3.05) is 0 Å². The molecule has 0 spiro atoms. The van der Waals surface area contributed by atoms with Crippen LogP contribution >= 0.6 is 23.2 Å². The Morgan fingerprint density at radius 1 is 1.14 bits per heavy atom. The average molecular weight is 337 g/mol. The molecule has 0 atom stereocenters. The van der Waals surface area contributed by atoms with Crippen molar-refractivity contribution in [1.82, 2.24) is 4.48 Å². The van der Waals surface area contributed by atoms with Crippen LogP contribution in [-0.2, 0) is 0 Å². The number of nitrogens with zero attached hydrogens (tertiary/aromatic N) is 2. The summed E-state index contributed by atoms with van der Waals surface area (Å²) in [6.45, 7) is -3.89. The number of rotatable bonds is 1. The number of fused-ring (bicyclic) bond motifs is 2. The van der Waals surface area contributed by atoms with Crippen molar-refractivity contribution in [3.05, 3.63) is 75.7 Å². The Labute approximate surface area is 135 Å². The van der Waals surface area contributed by atoms with Crippen molar-refractivity contribution in [3.63, 3.8) is 0 Å². The van der Waals surface area contributed by atoms with Crippen LogP contribution in [0.1, 0.15) is 11.3 Å². The maximum Gasteiger partial charge on any atom is 0.737 e. The first-order valence-corrected chi connectivity index (χ1v) is 7.45. The third-order valence-electron chi connectivity index (χ3n) is 3.94. The van der Waals surface area contributed by atoms with Crippen LogP contribution < -0.4 is 0 Å². The molecule has 0 fully saturated rings. The Hall–Kier alpha value is -1.85. The van der Waals surface area contributed by atoms with Crippen molar-refractivity contribution >= 4 is 42.0 Å². The Balaban J connectivity index is 2.07. The number of hydrogen-bond acceptors (Lipinski definition) is 0. The van der Waals surface area contributed by atoms with Crippen LogP contribution in [0.25, 0.3) is 5.57 Å². The zero-order valence-corrected chi connectivity index (χ0v) is 12.7. The third-order valence-corrected chi connectivity index (χ3v) is 4.49. The second kappa shape index (κ2) is 4.57. The van der Waals surface area contributed by atoms with Gasteiger partial charge in [0.15, 0.2) is 5.70 Å². The van der Waals surface area contributed by atoms with E-state index in [1.54, 1.807) is 42.5 Å². The maximum atomic E-state index is 14.6. The largest absolute Gasteiger partial charge is 0.737 e. The number of hydrogen-bond donors (Lipinski definition) is 0. The molecule has 0 saturated carbocycles. The van der Waals surface area contributed by atoms with E-state index in [1.165, 1.54) is 12.4 Å². The van der Waals surface area contributed by atoms with E-state index in [4.69, 9.17) is 23.2 Å². The van der Waals surface area contributed by atoms with Gasteiger partial charge in [-0.25, -0.2) is 0 Å². The summed E-state index contributed by atoms with van der Waals surface area (Å²) in [5.74, 6) is 0. The molecule has 2 aliphatic heterocycles. The molecule has 2 aromatic rings. The molecule has 2 nitrogen and oxygen atoms in total. The van der Waals surface area contributed by atoms with Gasteiger partial charge in [-0.3, -0.25) is 0 Å². The minimum Gasteiger partial charge on any atom is -0.396 e. The summed E-state index contributed by atoms with van der Waals surface area (Å²) in [7, 11) is 0. The monoisotopic (exact) mass is 336 g/mol. The van der Waals surface area contributed by atoms with Gasteiger partial charge in [-0.1, -0.05) is 29.3 Å². The standard InChI is InChI=1S/C15H9BCl2F2N2/c17-10-5-6-11(12(18)9-10)15-13-3-1-7-21(13)16(19,20)22-8-2-4-14(15)22/h1-9H. The second-order valence-corrected chi connectivity index (χ2v) is 6.03. The third kappa shape index (κ3) is 1.76. The first-order valence-electron chi connectivity index (χ1n) is 6.69. The first-order chi connectivity index (χ1) is 10.5. The molecule has 7 heteroatoms. The summed E-state index contributed by atoms with van der Waals surface area (Å²) in [6.07, 6.45) is 6.07. The highest BCUT2D eigenvalue weighted by Crippen LogP contribution is 2.40. The molecule has 0 aliphatic carbocycles. The fourth-order valence-corrected chi connectivity index (χ4v) is 3.49. The maximum absolute atomic E-state index is 14.6. The Morgan fingerprint density at radius 2 is 1.95 bits per heavy atom. The smallest absolute Gasteiger partial charge is 0.396 e. The molecular weight excluding hydrogens is 328 g/mol. The van der Waals surface area contributed by atoms with Crippen LogP contribution in [0.15, 0.2) is 54.4 Å². The molecule has 1 aromatic heterocycles. The van der Waals surface area contributed by atoms with Gasteiger partial charge in [0.25, 0.3) is 0 Å². The predicted octanol–water partition coefficient (Wildman–Crippen LogP) is 4.44. The molecule has 3 heterocycles. The summed E-state index contributed by atoms with van der Waals surface area (Å²) in [5, 5.41) is 0.936. The van der Waals surface area contributed by atoms with Crippen LogP contribution in [-0.4, -0.2) is 22.1 Å². The van der Waals surface area contributed by atoms with Gasteiger partial charge < -0.3 is 17.6 Å². The van der Waals surface area contributed by atoms with E-state index >= 15 is 0 Å². The summed E-state index contributed by atoms with van der Waals surface area (Å²) in [5.41, 5.74) is 2.24. The Kier molecular flexibility index (Phi) is 2.87. The van der Waals surface area contributed by atoms with Crippen molar-refractivity contribution in [3.8, 4) is 0 Å². The van der Waals surface area contributed by atoms with Gasteiger partial charge in [0.1, 0.15) is 6.21 Å². The quantitative estimate of drug-likeness (QED) is 0.680. The lowest BCUT2D eigenvalue weighted by molar-refractivity contribution is -0.356. The molecule has 2 aliphatic rings. The van der Waals surface area contributed by atoms with Gasteiger partial charge in [0.05, 0.1) is 10.6 Å². The van der Waals surface area contributed by atoms with Gasteiger partial charge in [0, 0.05) is 28.4 Å². The molecule has 22 heavy (non-hydrogen) atoms. The van der Waals surface area contributed by atoms with Gasteiger partial charge in [-0.2, -0.15) is 0 Å². The number of aromatic nitrogens is 1. The lowest BCUT2D eigenvalue weighted by Gasteiger charge is -2.31. The molecule has 0 bridgehead atoms. The van der Waals surface area contributed by atoms with Crippen LogP contribution in [0.3, 0.4) is 0 Å². The van der Waals surface area contributed by atoms with Gasteiger partial charge in [-0.15, -0.1) is 0 Å². The SMILES string of the molecule is F[B-]1(F)n2cccc2C(c2ccc(Cl)cc2Cl)=C2C=CC=[N+]21. The molecule has 0 unspecified atom stereocenters. The number of benzene rings is 1. The molecule has 0 radical (unpaired) electrons. The van der Waals surface area contributed by atoms with Crippen LogP contribution in [0, 0.1) is 0 Å². The zero-order chi connectivity index (χ0) is 15.5. The molecule has 0 N–H and O–H groups in total. The van der Waals surface area contributed by atoms with Crippen LogP contribution in [0.4, 0.5) is 8.63 Å². The highest BCUT2D eigenvalue weighted by atomic mass is 35.5. The summed E-state index contributed by atoms with van der Waals surface area (Å²) in [4.78, 5) is 0. The Morgan fingerprint density at radius 3 is 2.73 bits per heavy atom. The summed E-state index contributed by atoms with van der Waals surface area (Å²) in [6, 6.07) is 8.36. The highest BCUT2D eigenvalue weighted by molar-refractivity contribution is 6.57. The molecule has 0 saturated heterocycles. The van der Waals surface area contributed by atoms with Gasteiger partial charge in [0.2, 0.25) is 0 Å².